The predicted octanol–water partition coefficient (Wildman–Crippen LogP) is 8.03. The van der Waals surface area contributed by atoms with E-state index in [0.717, 1.165) is 41.8 Å². The largest absolute Gasteiger partial charge is 0.497 e. The molecule has 226 valence electrons. The van der Waals surface area contributed by atoms with Crippen molar-refractivity contribution in [2.24, 2.45) is 5.92 Å². The fraction of sp³-hybridized carbons (Fsp3) is 0.389. The standard InChI is InChI=1S/C36H40ClNO5/c1-24(22-43-23-26-8-12-32(41-3)13-9-26)18-29-19-28-11-10-27(25(2)39)20-33(28)35(29)14-16-36(17-15-35,34(40)42-4)38-31-7-5-6-30(37)21-31/h5-13,19-21,24,38H,14-18,22-23H2,1-4H3/t24-,35?,36?/m1/s1. The average Bonchev–Trinajstić information content (AvgIpc) is 3.29. The van der Waals surface area contributed by atoms with Gasteiger partial charge in [-0.25, -0.2) is 4.79 Å². The van der Waals surface area contributed by atoms with Crippen molar-refractivity contribution >= 4 is 35.1 Å². The van der Waals surface area contributed by atoms with Gasteiger partial charge in [-0.05, 0) is 98.0 Å². The number of ether oxygens (including phenoxy) is 3. The molecule has 0 amide bonds. The van der Waals surface area contributed by atoms with E-state index in [0.29, 0.717) is 36.6 Å². The van der Waals surface area contributed by atoms with Crippen molar-refractivity contribution in [3.63, 3.8) is 0 Å². The molecule has 6 nitrogen and oxygen atoms in total. The van der Waals surface area contributed by atoms with Crippen molar-refractivity contribution in [3.8, 4) is 5.75 Å². The Balaban J connectivity index is 1.36. The molecule has 2 aliphatic rings. The van der Waals surface area contributed by atoms with E-state index in [4.69, 9.17) is 25.8 Å². The van der Waals surface area contributed by atoms with Gasteiger partial charge in [-0.15, -0.1) is 0 Å². The lowest BCUT2D eigenvalue weighted by Gasteiger charge is -2.46. The van der Waals surface area contributed by atoms with Gasteiger partial charge in [0, 0.05) is 28.3 Å². The van der Waals surface area contributed by atoms with E-state index in [1.54, 1.807) is 14.0 Å². The van der Waals surface area contributed by atoms with Crippen LogP contribution in [0.2, 0.25) is 5.02 Å². The van der Waals surface area contributed by atoms with Crippen LogP contribution in [0.15, 0.2) is 72.3 Å². The topological polar surface area (TPSA) is 73.9 Å². The molecule has 0 radical (unpaired) electrons. The molecule has 1 N–H and O–H groups in total. The Bertz CT molecular complexity index is 1500. The molecule has 0 aromatic heterocycles. The van der Waals surface area contributed by atoms with Gasteiger partial charge >= 0.3 is 5.97 Å². The number of hydrogen-bond donors (Lipinski definition) is 1. The van der Waals surface area contributed by atoms with Crippen LogP contribution in [-0.2, 0) is 26.3 Å². The molecule has 3 aromatic carbocycles. The Hall–Kier alpha value is -3.61. The summed E-state index contributed by atoms with van der Waals surface area (Å²) in [5.74, 6) is 0.882. The summed E-state index contributed by atoms with van der Waals surface area (Å²) in [6, 6.07) is 21.4. The highest BCUT2D eigenvalue weighted by Gasteiger charge is 2.52. The SMILES string of the molecule is COC(=O)C1(Nc2cccc(Cl)c2)CCC2(CC1)C(C[C@@H](C)COCc1ccc(OC)cc1)=Cc1ccc(C(C)=O)cc12. The number of esters is 1. The third kappa shape index (κ3) is 6.51. The van der Waals surface area contributed by atoms with Crippen LogP contribution in [0.3, 0.4) is 0 Å². The first-order chi connectivity index (χ1) is 20.7. The second kappa shape index (κ2) is 12.9. The fourth-order valence-corrected chi connectivity index (χ4v) is 6.91. The number of ketones is 1. The maximum Gasteiger partial charge on any atom is 0.331 e. The Labute approximate surface area is 259 Å². The zero-order valence-corrected chi connectivity index (χ0v) is 26.1. The maximum absolute atomic E-state index is 13.3. The number of fused-ring (bicyclic) bond motifs is 2. The van der Waals surface area contributed by atoms with E-state index in [-0.39, 0.29) is 23.1 Å². The van der Waals surface area contributed by atoms with Gasteiger partial charge in [0.25, 0.3) is 0 Å². The van der Waals surface area contributed by atoms with E-state index in [2.05, 4.69) is 30.4 Å². The van der Waals surface area contributed by atoms with Gasteiger partial charge in [0.05, 0.1) is 20.8 Å². The summed E-state index contributed by atoms with van der Waals surface area (Å²) in [7, 11) is 3.10. The van der Waals surface area contributed by atoms with Crippen molar-refractivity contribution < 1.29 is 23.8 Å². The summed E-state index contributed by atoms with van der Waals surface area (Å²) >= 11 is 6.26. The van der Waals surface area contributed by atoms with Crippen LogP contribution in [0, 0.1) is 5.92 Å². The van der Waals surface area contributed by atoms with Gasteiger partial charge in [0.2, 0.25) is 0 Å². The molecule has 43 heavy (non-hydrogen) atoms. The normalized spacial score (nSPS) is 21.6. The first kappa shape index (κ1) is 30.8. The Morgan fingerprint density at radius 2 is 1.72 bits per heavy atom. The molecule has 1 spiro atoms. The molecule has 0 aliphatic heterocycles. The third-order valence-electron chi connectivity index (χ3n) is 9.06. The predicted molar refractivity (Wildman–Crippen MR) is 171 cm³/mol. The van der Waals surface area contributed by atoms with Crippen LogP contribution in [0.5, 0.6) is 5.75 Å². The molecule has 0 unspecified atom stereocenters. The van der Waals surface area contributed by atoms with Crippen molar-refractivity contribution in [1.82, 2.24) is 0 Å². The molecule has 1 atom stereocenters. The van der Waals surface area contributed by atoms with Crippen LogP contribution in [0.25, 0.3) is 6.08 Å². The highest BCUT2D eigenvalue weighted by molar-refractivity contribution is 6.30. The number of benzene rings is 3. The number of Topliss-reactive ketones (excluding diaryl/α,β-unsaturated/α-hetero) is 1. The summed E-state index contributed by atoms with van der Waals surface area (Å²) in [5.41, 5.74) is 5.14. The zero-order chi connectivity index (χ0) is 30.6. The Morgan fingerprint density at radius 1 is 0.977 bits per heavy atom. The molecule has 1 saturated carbocycles. The van der Waals surface area contributed by atoms with Crippen molar-refractivity contribution in [3.05, 3.63) is 99.6 Å². The number of hydrogen-bond acceptors (Lipinski definition) is 6. The quantitative estimate of drug-likeness (QED) is 0.177. The first-order valence-corrected chi connectivity index (χ1v) is 15.3. The number of allylic oxidation sites excluding steroid dienone is 1. The van der Waals surface area contributed by atoms with Crippen molar-refractivity contribution in [1.29, 1.82) is 0 Å². The van der Waals surface area contributed by atoms with E-state index in [1.807, 2.05) is 54.6 Å². The number of methoxy groups -OCH3 is 2. The minimum atomic E-state index is -0.871. The van der Waals surface area contributed by atoms with Crippen molar-refractivity contribution in [2.75, 3.05) is 26.1 Å². The maximum atomic E-state index is 13.3. The molecular weight excluding hydrogens is 562 g/mol. The Kier molecular flexibility index (Phi) is 9.28. The lowest BCUT2D eigenvalue weighted by molar-refractivity contribution is -0.147. The highest BCUT2D eigenvalue weighted by atomic mass is 35.5. The van der Waals surface area contributed by atoms with E-state index >= 15 is 0 Å². The molecule has 2 aliphatic carbocycles. The zero-order valence-electron chi connectivity index (χ0n) is 25.4. The van der Waals surface area contributed by atoms with E-state index in [1.165, 1.54) is 18.2 Å². The lowest BCUT2D eigenvalue weighted by atomic mass is 9.61. The van der Waals surface area contributed by atoms with Crippen LogP contribution < -0.4 is 10.1 Å². The molecule has 0 saturated heterocycles. The number of rotatable bonds is 11. The second-order valence-electron chi connectivity index (χ2n) is 12.0. The summed E-state index contributed by atoms with van der Waals surface area (Å²) in [6.45, 7) is 4.99. The molecule has 0 heterocycles. The number of anilines is 1. The molecule has 0 bridgehead atoms. The number of nitrogens with one attached hydrogen (secondary N) is 1. The minimum absolute atomic E-state index is 0.0500. The molecule has 3 aromatic rings. The smallest absolute Gasteiger partial charge is 0.331 e. The highest BCUT2D eigenvalue weighted by Crippen LogP contribution is 2.55. The molecule has 5 rings (SSSR count). The lowest BCUT2D eigenvalue weighted by Crippen LogP contribution is -2.52. The van der Waals surface area contributed by atoms with Gasteiger partial charge in [0.1, 0.15) is 11.3 Å². The third-order valence-corrected chi connectivity index (χ3v) is 9.29. The molecule has 7 heteroatoms. The van der Waals surface area contributed by atoms with Crippen LogP contribution in [0.4, 0.5) is 5.69 Å². The monoisotopic (exact) mass is 601 g/mol. The van der Waals surface area contributed by atoms with Gasteiger partial charge in [0.15, 0.2) is 5.78 Å². The summed E-state index contributed by atoms with van der Waals surface area (Å²) < 4.78 is 16.7. The number of carbonyl (C=O) groups excluding carboxylic acids is 2. The fourth-order valence-electron chi connectivity index (χ4n) is 6.71. The van der Waals surface area contributed by atoms with Gasteiger partial charge < -0.3 is 19.5 Å². The Morgan fingerprint density at radius 3 is 2.37 bits per heavy atom. The van der Waals surface area contributed by atoms with E-state index in [9.17, 15) is 9.59 Å². The van der Waals surface area contributed by atoms with E-state index < -0.39 is 5.54 Å². The average molecular weight is 602 g/mol. The van der Waals surface area contributed by atoms with Crippen molar-refractivity contribution in [2.45, 2.75) is 63.5 Å². The second-order valence-corrected chi connectivity index (χ2v) is 12.4. The number of halogens is 1. The number of carbonyl (C=O) groups is 2. The molecular formula is C36H40ClNO5. The van der Waals surface area contributed by atoms with Gasteiger partial charge in [-0.3, -0.25) is 4.79 Å². The molecule has 1 fully saturated rings. The van der Waals surface area contributed by atoms with Gasteiger partial charge in [-0.1, -0.05) is 60.5 Å². The first-order valence-electron chi connectivity index (χ1n) is 14.9. The van der Waals surface area contributed by atoms with Crippen LogP contribution in [-0.4, -0.2) is 38.1 Å². The van der Waals surface area contributed by atoms with Crippen LogP contribution >= 0.6 is 11.6 Å². The summed E-state index contributed by atoms with van der Waals surface area (Å²) in [5, 5.41) is 4.10. The van der Waals surface area contributed by atoms with Crippen LogP contribution in [0.1, 0.15) is 73.0 Å². The van der Waals surface area contributed by atoms with Gasteiger partial charge in [-0.2, -0.15) is 0 Å². The summed E-state index contributed by atoms with van der Waals surface area (Å²) in [4.78, 5) is 25.7. The minimum Gasteiger partial charge on any atom is -0.497 e. The summed E-state index contributed by atoms with van der Waals surface area (Å²) in [6.07, 6.45) is 5.81.